The molecule has 122 valence electrons. The summed E-state index contributed by atoms with van der Waals surface area (Å²) in [5, 5.41) is 7.87. The standard InChI is InChI=1S/C17H14ClN3O3/c18-15-7-2-1-5-13(15)11-24-14-6-3-4-12(8-14)9-19-21-10-16(22)20-17(21)23/h1-9H,10-11H2,(H,20,22,23)/b19-9-. The zero-order valence-corrected chi connectivity index (χ0v) is 13.4. The zero-order valence-electron chi connectivity index (χ0n) is 12.6. The van der Waals surface area contributed by atoms with Crippen LogP contribution in [0.5, 0.6) is 5.75 Å². The van der Waals surface area contributed by atoms with Crippen LogP contribution in [0.4, 0.5) is 4.79 Å². The molecule has 3 rings (SSSR count). The summed E-state index contributed by atoms with van der Waals surface area (Å²) in [6, 6.07) is 14.2. The van der Waals surface area contributed by atoms with Crippen molar-refractivity contribution in [3.63, 3.8) is 0 Å². The van der Waals surface area contributed by atoms with Gasteiger partial charge in [-0.2, -0.15) is 5.10 Å². The Morgan fingerprint density at radius 1 is 1.21 bits per heavy atom. The minimum Gasteiger partial charge on any atom is -0.489 e. The average molecular weight is 344 g/mol. The first kappa shape index (κ1) is 16.0. The molecule has 0 spiro atoms. The molecular formula is C17H14ClN3O3. The van der Waals surface area contributed by atoms with Gasteiger partial charge in [-0.3, -0.25) is 10.1 Å². The van der Waals surface area contributed by atoms with E-state index in [1.165, 1.54) is 6.21 Å². The number of imide groups is 1. The molecule has 1 aliphatic rings. The number of halogens is 1. The van der Waals surface area contributed by atoms with Gasteiger partial charge in [0.15, 0.2) is 0 Å². The number of hydrogen-bond donors (Lipinski definition) is 1. The highest BCUT2D eigenvalue weighted by Crippen LogP contribution is 2.19. The molecular weight excluding hydrogens is 330 g/mol. The number of benzene rings is 2. The van der Waals surface area contributed by atoms with Crippen LogP contribution in [0.25, 0.3) is 0 Å². The van der Waals surface area contributed by atoms with Crippen LogP contribution in [0, 0.1) is 0 Å². The van der Waals surface area contributed by atoms with Gasteiger partial charge in [0.25, 0.3) is 0 Å². The zero-order chi connectivity index (χ0) is 16.9. The van der Waals surface area contributed by atoms with E-state index in [0.717, 1.165) is 16.1 Å². The number of urea groups is 1. The summed E-state index contributed by atoms with van der Waals surface area (Å²) in [5.74, 6) is 0.287. The Morgan fingerprint density at radius 3 is 2.79 bits per heavy atom. The predicted octanol–water partition coefficient (Wildman–Crippen LogP) is 2.80. The van der Waals surface area contributed by atoms with E-state index in [1.54, 1.807) is 6.07 Å². The summed E-state index contributed by atoms with van der Waals surface area (Å²) in [7, 11) is 0. The summed E-state index contributed by atoms with van der Waals surface area (Å²) in [4.78, 5) is 22.5. The van der Waals surface area contributed by atoms with Gasteiger partial charge in [0, 0.05) is 10.6 Å². The Balaban J connectivity index is 1.65. The molecule has 1 saturated heterocycles. The second-order valence-electron chi connectivity index (χ2n) is 5.11. The highest BCUT2D eigenvalue weighted by Gasteiger charge is 2.25. The number of nitrogens with one attached hydrogen (secondary N) is 1. The molecule has 0 aliphatic carbocycles. The molecule has 0 aromatic heterocycles. The number of hydrogen-bond acceptors (Lipinski definition) is 4. The number of carbonyl (C=O) groups is 2. The van der Waals surface area contributed by atoms with Crippen LogP contribution in [-0.2, 0) is 11.4 Å². The average Bonchev–Trinajstić information content (AvgIpc) is 2.90. The van der Waals surface area contributed by atoms with Crippen LogP contribution in [0.2, 0.25) is 5.02 Å². The van der Waals surface area contributed by atoms with Crippen LogP contribution in [0.15, 0.2) is 53.6 Å². The van der Waals surface area contributed by atoms with E-state index in [1.807, 2.05) is 42.5 Å². The fraction of sp³-hybridized carbons (Fsp3) is 0.118. The monoisotopic (exact) mass is 343 g/mol. The Labute approximate surface area is 143 Å². The van der Waals surface area contributed by atoms with Gasteiger partial charge in [-0.1, -0.05) is 41.9 Å². The lowest BCUT2D eigenvalue weighted by Crippen LogP contribution is -2.24. The molecule has 0 bridgehead atoms. The molecule has 0 unspecified atom stereocenters. The van der Waals surface area contributed by atoms with Gasteiger partial charge in [-0.15, -0.1) is 0 Å². The van der Waals surface area contributed by atoms with E-state index in [4.69, 9.17) is 16.3 Å². The Morgan fingerprint density at radius 2 is 2.04 bits per heavy atom. The van der Waals surface area contributed by atoms with Crippen LogP contribution in [-0.4, -0.2) is 29.7 Å². The van der Waals surface area contributed by atoms with E-state index < -0.39 is 6.03 Å². The molecule has 2 aromatic rings. The molecule has 0 radical (unpaired) electrons. The van der Waals surface area contributed by atoms with Crippen molar-refractivity contribution in [2.45, 2.75) is 6.61 Å². The van der Waals surface area contributed by atoms with Crippen molar-refractivity contribution in [2.24, 2.45) is 5.10 Å². The van der Waals surface area contributed by atoms with Crippen molar-refractivity contribution in [1.82, 2.24) is 10.3 Å². The smallest absolute Gasteiger partial charge is 0.344 e. The summed E-state index contributed by atoms with van der Waals surface area (Å²) >= 11 is 6.10. The van der Waals surface area contributed by atoms with Crippen molar-refractivity contribution in [3.05, 3.63) is 64.7 Å². The van der Waals surface area contributed by atoms with Gasteiger partial charge < -0.3 is 4.74 Å². The molecule has 3 amide bonds. The van der Waals surface area contributed by atoms with Crippen LogP contribution in [0.1, 0.15) is 11.1 Å². The molecule has 1 aliphatic heterocycles. The minimum atomic E-state index is -0.526. The fourth-order valence-electron chi connectivity index (χ4n) is 2.12. The van der Waals surface area contributed by atoms with Gasteiger partial charge in [0.1, 0.15) is 18.9 Å². The number of rotatable bonds is 5. The van der Waals surface area contributed by atoms with Crippen molar-refractivity contribution >= 4 is 29.8 Å². The molecule has 1 fully saturated rings. The largest absolute Gasteiger partial charge is 0.489 e. The maximum absolute atomic E-state index is 11.4. The fourth-order valence-corrected chi connectivity index (χ4v) is 2.31. The maximum Gasteiger partial charge on any atom is 0.344 e. The number of hydrazone groups is 1. The maximum atomic E-state index is 11.4. The van der Waals surface area contributed by atoms with Gasteiger partial charge >= 0.3 is 6.03 Å². The van der Waals surface area contributed by atoms with Gasteiger partial charge in [-0.25, -0.2) is 9.80 Å². The normalized spacial score (nSPS) is 14.3. The molecule has 7 heteroatoms. The summed E-state index contributed by atoms with van der Waals surface area (Å²) < 4.78 is 5.73. The number of ether oxygens (including phenoxy) is 1. The molecule has 24 heavy (non-hydrogen) atoms. The van der Waals surface area contributed by atoms with Crippen molar-refractivity contribution in [2.75, 3.05) is 6.54 Å². The topological polar surface area (TPSA) is 71.0 Å². The second-order valence-corrected chi connectivity index (χ2v) is 5.52. The first-order valence-electron chi connectivity index (χ1n) is 7.23. The lowest BCUT2D eigenvalue weighted by molar-refractivity contribution is -0.118. The molecule has 2 aromatic carbocycles. The third-order valence-corrected chi connectivity index (χ3v) is 3.70. The van der Waals surface area contributed by atoms with E-state index >= 15 is 0 Å². The third kappa shape index (κ3) is 3.91. The molecule has 6 nitrogen and oxygen atoms in total. The van der Waals surface area contributed by atoms with Crippen LogP contribution < -0.4 is 10.1 Å². The van der Waals surface area contributed by atoms with Crippen molar-refractivity contribution in [3.8, 4) is 5.75 Å². The van der Waals surface area contributed by atoms with Crippen LogP contribution in [0.3, 0.4) is 0 Å². The van der Waals surface area contributed by atoms with E-state index in [0.29, 0.717) is 17.4 Å². The quantitative estimate of drug-likeness (QED) is 0.670. The van der Waals surface area contributed by atoms with Gasteiger partial charge in [0.05, 0.1) is 6.21 Å². The van der Waals surface area contributed by atoms with Crippen molar-refractivity contribution in [1.29, 1.82) is 0 Å². The first-order valence-corrected chi connectivity index (χ1v) is 7.61. The molecule has 1 N–H and O–H groups in total. The second kappa shape index (κ2) is 7.14. The molecule has 0 saturated carbocycles. The molecule has 1 heterocycles. The number of amides is 3. The summed E-state index contributed by atoms with van der Waals surface area (Å²) in [5.41, 5.74) is 1.64. The third-order valence-electron chi connectivity index (χ3n) is 3.33. The van der Waals surface area contributed by atoms with Crippen LogP contribution >= 0.6 is 11.6 Å². The van der Waals surface area contributed by atoms with Gasteiger partial charge in [-0.05, 0) is 23.8 Å². The minimum absolute atomic E-state index is 0.0714. The lowest BCUT2D eigenvalue weighted by Gasteiger charge is -2.08. The van der Waals surface area contributed by atoms with Gasteiger partial charge in [0.2, 0.25) is 5.91 Å². The Bertz CT molecular complexity index is 807. The Hall–Kier alpha value is -2.86. The summed E-state index contributed by atoms with van der Waals surface area (Å²) in [6.07, 6.45) is 1.50. The number of carbonyl (C=O) groups excluding carboxylic acids is 2. The predicted molar refractivity (Wildman–Crippen MR) is 90.1 cm³/mol. The Kier molecular flexibility index (Phi) is 4.77. The summed E-state index contributed by atoms with van der Waals surface area (Å²) in [6.45, 7) is 0.279. The van der Waals surface area contributed by atoms with E-state index in [9.17, 15) is 9.59 Å². The number of nitrogens with zero attached hydrogens (tertiary/aromatic N) is 2. The van der Waals surface area contributed by atoms with E-state index in [2.05, 4.69) is 10.4 Å². The van der Waals surface area contributed by atoms with E-state index in [-0.39, 0.29) is 12.5 Å². The SMILES string of the molecule is O=C1CN(/N=C\c2cccc(OCc3ccccc3Cl)c2)C(=O)N1. The van der Waals surface area contributed by atoms with Crippen molar-refractivity contribution < 1.29 is 14.3 Å². The highest BCUT2D eigenvalue weighted by atomic mass is 35.5. The first-order chi connectivity index (χ1) is 11.6. The highest BCUT2D eigenvalue weighted by molar-refractivity contribution is 6.31. The lowest BCUT2D eigenvalue weighted by atomic mass is 10.2. The molecule has 0 atom stereocenters.